The minimum absolute atomic E-state index is 0.0240. The average Bonchev–Trinajstić information content (AvgIpc) is 3.44. The van der Waals surface area contributed by atoms with E-state index in [4.69, 9.17) is 5.14 Å². The first-order valence-electron chi connectivity index (χ1n) is 10.6. The highest BCUT2D eigenvalue weighted by Gasteiger charge is 2.35. The van der Waals surface area contributed by atoms with Crippen molar-refractivity contribution in [2.45, 2.75) is 43.9 Å². The number of anilines is 1. The van der Waals surface area contributed by atoms with E-state index in [9.17, 15) is 17.9 Å². The first-order valence-corrected chi connectivity index (χ1v) is 12.2. The lowest BCUT2D eigenvalue weighted by Gasteiger charge is -2.17. The van der Waals surface area contributed by atoms with E-state index in [1.165, 1.54) is 12.4 Å². The Hall–Kier alpha value is -2.60. The minimum atomic E-state index is -3.80. The maximum atomic E-state index is 14.1. The number of fused-ring (bicyclic) bond motifs is 2. The standard InChI is InChI=1S/C21H25FN6O3S/c22-17-3-1-2-15-14(17)4-5-18(15)27-20-16-6-7-28(21(16)25-11-24-20)13-8-12(19(29)9-13)10-26-32(23,30)31/h1-3,6-7,11-13,18-19,26,29H,4-5,8-10H2,(H2,23,30,31)(H,24,25,27)/t12-,13+,18-,19-/m0/s1. The average molecular weight is 461 g/mol. The molecule has 0 aliphatic heterocycles. The summed E-state index contributed by atoms with van der Waals surface area (Å²) >= 11 is 0. The number of nitrogens with zero attached hydrogens (tertiary/aromatic N) is 3. The SMILES string of the molecule is NS(=O)(=O)NC[C@@H]1C[C@@H](n2ccc3c(N[C@H]4CCc5c(F)cccc54)ncnc32)C[C@@H]1O. The lowest BCUT2D eigenvalue weighted by Crippen LogP contribution is -2.36. The molecule has 0 unspecified atom stereocenters. The van der Waals surface area contributed by atoms with Crippen molar-refractivity contribution in [1.82, 2.24) is 19.3 Å². The van der Waals surface area contributed by atoms with E-state index in [-0.39, 0.29) is 30.4 Å². The summed E-state index contributed by atoms with van der Waals surface area (Å²) in [4.78, 5) is 8.88. The van der Waals surface area contributed by atoms with Crippen LogP contribution in [0.15, 0.2) is 36.8 Å². The summed E-state index contributed by atoms with van der Waals surface area (Å²) in [5.74, 6) is 0.277. The fourth-order valence-electron chi connectivity index (χ4n) is 5.05. The summed E-state index contributed by atoms with van der Waals surface area (Å²) in [6.07, 6.45) is 5.32. The largest absolute Gasteiger partial charge is 0.393 e. The van der Waals surface area contributed by atoms with Gasteiger partial charge in [-0.05, 0) is 48.9 Å². The van der Waals surface area contributed by atoms with Gasteiger partial charge in [0, 0.05) is 24.7 Å². The van der Waals surface area contributed by atoms with E-state index in [2.05, 4.69) is 20.0 Å². The van der Waals surface area contributed by atoms with Crippen LogP contribution < -0.4 is 15.2 Å². The van der Waals surface area contributed by atoms with Gasteiger partial charge in [-0.1, -0.05) is 12.1 Å². The van der Waals surface area contributed by atoms with E-state index < -0.39 is 16.3 Å². The van der Waals surface area contributed by atoms with Gasteiger partial charge in [-0.3, -0.25) is 0 Å². The molecular weight excluding hydrogens is 435 g/mol. The maximum absolute atomic E-state index is 14.1. The van der Waals surface area contributed by atoms with Crippen LogP contribution in [0.4, 0.5) is 10.2 Å². The van der Waals surface area contributed by atoms with Gasteiger partial charge in [-0.2, -0.15) is 8.42 Å². The molecule has 1 saturated carbocycles. The first kappa shape index (κ1) is 21.3. The normalized spacial score (nSPS) is 25.3. The van der Waals surface area contributed by atoms with Crippen LogP contribution in [0.3, 0.4) is 0 Å². The maximum Gasteiger partial charge on any atom is 0.274 e. The Morgan fingerprint density at radius 2 is 2.09 bits per heavy atom. The van der Waals surface area contributed by atoms with Crippen molar-refractivity contribution >= 4 is 27.1 Å². The molecule has 0 radical (unpaired) electrons. The van der Waals surface area contributed by atoms with Gasteiger partial charge < -0.3 is 15.0 Å². The molecule has 2 aliphatic rings. The van der Waals surface area contributed by atoms with Crippen LogP contribution in [0, 0.1) is 11.7 Å². The minimum Gasteiger partial charge on any atom is -0.393 e. The molecule has 2 aliphatic carbocycles. The number of nitrogens with two attached hydrogens (primary N) is 1. The highest BCUT2D eigenvalue weighted by Crippen LogP contribution is 2.39. The molecule has 5 rings (SSSR count). The second-order valence-corrected chi connectivity index (χ2v) is 9.95. The monoisotopic (exact) mass is 460 g/mol. The molecule has 0 saturated heterocycles. The lowest BCUT2D eigenvalue weighted by molar-refractivity contribution is 0.133. The van der Waals surface area contributed by atoms with Gasteiger partial charge >= 0.3 is 0 Å². The Morgan fingerprint density at radius 3 is 2.91 bits per heavy atom. The summed E-state index contributed by atoms with van der Waals surface area (Å²) in [6, 6.07) is 7.05. The molecule has 0 bridgehead atoms. The molecule has 170 valence electrons. The third-order valence-corrected chi connectivity index (χ3v) is 7.18. The van der Waals surface area contributed by atoms with Crippen molar-refractivity contribution in [2.75, 3.05) is 11.9 Å². The zero-order valence-electron chi connectivity index (χ0n) is 17.3. The number of benzene rings is 1. The number of aliphatic hydroxyl groups excluding tert-OH is 1. The van der Waals surface area contributed by atoms with Crippen LogP contribution in [0.2, 0.25) is 0 Å². The van der Waals surface area contributed by atoms with Crippen molar-refractivity contribution in [3.8, 4) is 0 Å². The lowest BCUT2D eigenvalue weighted by atomic mass is 10.1. The highest BCUT2D eigenvalue weighted by atomic mass is 32.2. The summed E-state index contributed by atoms with van der Waals surface area (Å²) in [7, 11) is -3.80. The summed E-state index contributed by atoms with van der Waals surface area (Å²) in [5.41, 5.74) is 2.45. The first-order chi connectivity index (χ1) is 15.3. The Bertz CT molecular complexity index is 1260. The van der Waals surface area contributed by atoms with Crippen LogP contribution >= 0.6 is 0 Å². The van der Waals surface area contributed by atoms with Crippen LogP contribution in [0.5, 0.6) is 0 Å². The van der Waals surface area contributed by atoms with Gasteiger partial charge in [0.05, 0.1) is 17.5 Å². The Balaban J connectivity index is 1.37. The number of nitrogens with one attached hydrogen (secondary N) is 2. The predicted octanol–water partition coefficient (Wildman–Crippen LogP) is 1.77. The topological polar surface area (TPSA) is 135 Å². The van der Waals surface area contributed by atoms with Crippen LogP contribution in [-0.4, -0.2) is 40.7 Å². The van der Waals surface area contributed by atoms with Crippen molar-refractivity contribution in [3.05, 3.63) is 53.7 Å². The van der Waals surface area contributed by atoms with Crippen molar-refractivity contribution in [3.63, 3.8) is 0 Å². The van der Waals surface area contributed by atoms with Crippen LogP contribution in [-0.2, 0) is 16.6 Å². The molecule has 11 heteroatoms. The molecule has 4 atom stereocenters. The van der Waals surface area contributed by atoms with Gasteiger partial charge in [-0.25, -0.2) is 24.2 Å². The predicted molar refractivity (Wildman–Crippen MR) is 117 cm³/mol. The molecule has 9 nitrogen and oxygen atoms in total. The van der Waals surface area contributed by atoms with Gasteiger partial charge in [0.1, 0.15) is 23.6 Å². The quantitative estimate of drug-likeness (QED) is 0.443. The van der Waals surface area contributed by atoms with E-state index in [0.29, 0.717) is 25.1 Å². The third-order valence-electron chi connectivity index (χ3n) is 6.61. The fourth-order valence-corrected chi connectivity index (χ4v) is 5.50. The van der Waals surface area contributed by atoms with E-state index in [1.54, 1.807) is 6.07 Å². The van der Waals surface area contributed by atoms with Crippen molar-refractivity contribution in [1.29, 1.82) is 0 Å². The van der Waals surface area contributed by atoms with Gasteiger partial charge in [0.15, 0.2) is 0 Å². The van der Waals surface area contributed by atoms with Gasteiger partial charge in [0.25, 0.3) is 10.2 Å². The van der Waals surface area contributed by atoms with Crippen molar-refractivity contribution < 1.29 is 17.9 Å². The van der Waals surface area contributed by atoms with Crippen LogP contribution in [0.25, 0.3) is 11.0 Å². The number of hydrogen-bond donors (Lipinski definition) is 4. The van der Waals surface area contributed by atoms with Crippen LogP contribution in [0.1, 0.15) is 42.5 Å². The zero-order valence-corrected chi connectivity index (χ0v) is 18.1. The number of hydrogen-bond acceptors (Lipinski definition) is 6. The number of aromatic nitrogens is 3. The Labute approximate surface area is 185 Å². The second kappa shape index (κ2) is 8.07. The molecule has 32 heavy (non-hydrogen) atoms. The van der Waals surface area contributed by atoms with Crippen molar-refractivity contribution in [2.24, 2.45) is 11.1 Å². The molecule has 0 spiro atoms. The molecule has 1 aromatic carbocycles. The second-order valence-electron chi connectivity index (χ2n) is 8.57. The Kier molecular flexibility index (Phi) is 5.36. The smallest absolute Gasteiger partial charge is 0.274 e. The van der Waals surface area contributed by atoms with E-state index in [0.717, 1.165) is 28.6 Å². The number of aliphatic hydroxyl groups is 1. The Morgan fingerprint density at radius 1 is 1.25 bits per heavy atom. The van der Waals surface area contributed by atoms with E-state index in [1.807, 2.05) is 22.9 Å². The third kappa shape index (κ3) is 3.96. The summed E-state index contributed by atoms with van der Waals surface area (Å²) < 4.78 is 40.8. The number of rotatable bonds is 6. The van der Waals surface area contributed by atoms with Gasteiger partial charge in [-0.15, -0.1) is 0 Å². The van der Waals surface area contributed by atoms with E-state index >= 15 is 0 Å². The van der Waals surface area contributed by atoms with Gasteiger partial charge in [0.2, 0.25) is 0 Å². The summed E-state index contributed by atoms with van der Waals surface area (Å²) in [5, 5.41) is 19.7. The molecule has 0 amide bonds. The summed E-state index contributed by atoms with van der Waals surface area (Å²) in [6.45, 7) is 0.0924. The highest BCUT2D eigenvalue weighted by molar-refractivity contribution is 7.87. The zero-order chi connectivity index (χ0) is 22.5. The molecule has 3 aromatic rings. The molecule has 5 N–H and O–H groups in total. The number of halogens is 1. The molecular formula is C21H25FN6O3S. The molecule has 2 heterocycles. The molecule has 1 fully saturated rings. The fraction of sp³-hybridized carbons (Fsp3) is 0.429. The molecule has 2 aromatic heterocycles.